The lowest BCUT2D eigenvalue weighted by molar-refractivity contribution is 0.0601. The fourth-order valence-corrected chi connectivity index (χ4v) is 3.77. The summed E-state index contributed by atoms with van der Waals surface area (Å²) in [4.78, 5) is 31.1. The van der Waals surface area contributed by atoms with Gasteiger partial charge in [0.15, 0.2) is 4.80 Å². The second-order valence-corrected chi connectivity index (χ2v) is 7.22. The summed E-state index contributed by atoms with van der Waals surface area (Å²) >= 11 is 1.30. The molecule has 0 aliphatic carbocycles. The van der Waals surface area contributed by atoms with Crippen molar-refractivity contribution in [3.05, 3.63) is 58.4 Å². The molecule has 1 heterocycles. The summed E-state index contributed by atoms with van der Waals surface area (Å²) < 4.78 is 7.35. The number of benzene rings is 2. The number of anilines is 1. The molecule has 0 spiro atoms. The summed E-state index contributed by atoms with van der Waals surface area (Å²) in [7, 11) is 5.20. The normalized spacial score (nSPS) is 11.3. The van der Waals surface area contributed by atoms with E-state index < -0.39 is 5.97 Å². The van der Waals surface area contributed by atoms with Crippen LogP contribution in [-0.4, -0.2) is 37.6 Å². The molecule has 0 aliphatic heterocycles. The molecule has 7 heteroatoms. The van der Waals surface area contributed by atoms with Gasteiger partial charge in [-0.15, -0.1) is 6.42 Å². The number of ether oxygens (including phenoxy) is 1. The van der Waals surface area contributed by atoms with Crippen LogP contribution in [0.2, 0.25) is 0 Å². The highest BCUT2D eigenvalue weighted by molar-refractivity contribution is 7.16. The van der Waals surface area contributed by atoms with Crippen molar-refractivity contribution in [3.8, 4) is 12.3 Å². The van der Waals surface area contributed by atoms with Crippen LogP contribution in [0.4, 0.5) is 5.69 Å². The number of hydrogen-bond donors (Lipinski definition) is 0. The maximum atomic E-state index is 12.6. The highest BCUT2D eigenvalue weighted by Crippen LogP contribution is 2.20. The second-order valence-electron chi connectivity index (χ2n) is 6.21. The van der Waals surface area contributed by atoms with E-state index in [9.17, 15) is 9.59 Å². The molecule has 0 fully saturated rings. The number of amides is 1. The third kappa shape index (κ3) is 3.82. The van der Waals surface area contributed by atoms with Crippen molar-refractivity contribution in [2.75, 3.05) is 26.1 Å². The minimum absolute atomic E-state index is 0.267. The van der Waals surface area contributed by atoms with Crippen molar-refractivity contribution in [1.29, 1.82) is 0 Å². The van der Waals surface area contributed by atoms with Crippen LogP contribution in [0.25, 0.3) is 10.2 Å². The van der Waals surface area contributed by atoms with Crippen molar-refractivity contribution < 1.29 is 14.3 Å². The number of thiazole rings is 1. The van der Waals surface area contributed by atoms with Gasteiger partial charge in [-0.2, -0.15) is 4.99 Å². The smallest absolute Gasteiger partial charge is 0.337 e. The number of esters is 1. The van der Waals surface area contributed by atoms with Gasteiger partial charge in [0.25, 0.3) is 5.91 Å². The van der Waals surface area contributed by atoms with E-state index >= 15 is 0 Å². The zero-order valence-corrected chi connectivity index (χ0v) is 16.6. The van der Waals surface area contributed by atoms with Crippen LogP contribution in [0.15, 0.2) is 47.5 Å². The lowest BCUT2D eigenvalue weighted by atomic mass is 10.2. The Morgan fingerprint density at radius 3 is 2.46 bits per heavy atom. The fourth-order valence-electron chi connectivity index (χ4n) is 2.70. The topological polar surface area (TPSA) is 63.9 Å². The Morgan fingerprint density at radius 2 is 1.86 bits per heavy atom. The molecule has 0 saturated carbocycles. The molecule has 0 saturated heterocycles. The van der Waals surface area contributed by atoms with Gasteiger partial charge in [0, 0.05) is 25.3 Å². The Labute approximate surface area is 166 Å². The number of terminal acetylenes is 1. The summed E-state index contributed by atoms with van der Waals surface area (Å²) in [6.07, 6.45) is 5.49. The van der Waals surface area contributed by atoms with E-state index in [1.807, 2.05) is 31.1 Å². The summed E-state index contributed by atoms with van der Waals surface area (Å²) in [5, 5.41) is 0. The maximum Gasteiger partial charge on any atom is 0.337 e. The number of carbonyl (C=O) groups is 2. The summed E-state index contributed by atoms with van der Waals surface area (Å²) in [6, 6.07) is 12.4. The Hall–Kier alpha value is -3.37. The second kappa shape index (κ2) is 8.11. The molecule has 1 aromatic heterocycles. The van der Waals surface area contributed by atoms with Gasteiger partial charge in [-0.1, -0.05) is 17.3 Å². The van der Waals surface area contributed by atoms with Gasteiger partial charge in [0.05, 0.1) is 29.4 Å². The Balaban J connectivity index is 2.07. The molecular formula is C21H19N3O3S. The zero-order chi connectivity index (χ0) is 20.3. The lowest BCUT2D eigenvalue weighted by Crippen LogP contribution is -2.16. The largest absolute Gasteiger partial charge is 0.465 e. The number of hydrogen-bond acceptors (Lipinski definition) is 5. The van der Waals surface area contributed by atoms with E-state index in [1.54, 1.807) is 34.9 Å². The van der Waals surface area contributed by atoms with Crippen LogP contribution in [0.5, 0.6) is 0 Å². The number of rotatable bonds is 4. The first kappa shape index (κ1) is 19.4. The molecule has 3 aromatic rings. The molecular weight excluding hydrogens is 374 g/mol. The third-order valence-corrected chi connectivity index (χ3v) is 5.22. The maximum absolute atomic E-state index is 12.6. The van der Waals surface area contributed by atoms with Gasteiger partial charge in [0.1, 0.15) is 0 Å². The first-order valence-corrected chi connectivity index (χ1v) is 9.28. The van der Waals surface area contributed by atoms with Crippen molar-refractivity contribution in [3.63, 3.8) is 0 Å². The van der Waals surface area contributed by atoms with Crippen molar-refractivity contribution in [1.82, 2.24) is 4.57 Å². The molecule has 0 aliphatic rings. The highest BCUT2D eigenvalue weighted by atomic mass is 32.1. The number of fused-ring (bicyclic) bond motifs is 1. The third-order valence-electron chi connectivity index (χ3n) is 4.18. The lowest BCUT2D eigenvalue weighted by Gasteiger charge is -2.11. The monoisotopic (exact) mass is 393 g/mol. The number of carbonyl (C=O) groups excluding carboxylic acids is 2. The van der Waals surface area contributed by atoms with Gasteiger partial charge in [-0.3, -0.25) is 4.79 Å². The molecule has 0 unspecified atom stereocenters. The van der Waals surface area contributed by atoms with Crippen LogP contribution in [0.3, 0.4) is 0 Å². The van der Waals surface area contributed by atoms with E-state index in [-0.39, 0.29) is 12.5 Å². The average Bonchev–Trinajstić information content (AvgIpc) is 3.04. The number of aromatic nitrogens is 1. The quantitative estimate of drug-likeness (QED) is 0.505. The molecule has 142 valence electrons. The molecule has 0 bridgehead atoms. The fraction of sp³-hybridized carbons (Fsp3) is 0.190. The summed E-state index contributed by atoms with van der Waals surface area (Å²) in [6.45, 7) is 0.267. The molecule has 0 atom stereocenters. The van der Waals surface area contributed by atoms with Crippen LogP contribution < -0.4 is 9.70 Å². The van der Waals surface area contributed by atoms with Gasteiger partial charge in [0.2, 0.25) is 0 Å². The predicted octanol–water partition coefficient (Wildman–Crippen LogP) is 2.93. The first-order chi connectivity index (χ1) is 13.4. The Bertz CT molecular complexity index is 1150. The van der Waals surface area contributed by atoms with Gasteiger partial charge < -0.3 is 14.2 Å². The summed E-state index contributed by atoms with van der Waals surface area (Å²) in [5.41, 5.74) is 2.73. The van der Waals surface area contributed by atoms with Crippen LogP contribution in [-0.2, 0) is 11.3 Å². The van der Waals surface area contributed by atoms with E-state index in [0.29, 0.717) is 15.9 Å². The van der Waals surface area contributed by atoms with Crippen molar-refractivity contribution >= 4 is 39.1 Å². The van der Waals surface area contributed by atoms with Gasteiger partial charge >= 0.3 is 5.97 Å². The molecule has 6 nitrogen and oxygen atoms in total. The highest BCUT2D eigenvalue weighted by Gasteiger charge is 2.12. The minimum atomic E-state index is -0.422. The van der Waals surface area contributed by atoms with E-state index in [4.69, 9.17) is 11.2 Å². The molecule has 1 amide bonds. The Kier molecular flexibility index (Phi) is 5.62. The standard InChI is InChI=1S/C21H19N3O3S/c1-5-12-24-17-11-8-15(20(26)27-4)13-18(17)28-21(24)22-19(25)14-6-9-16(10-7-14)23(2)3/h1,6-11,13H,12H2,2-4H3. The van der Waals surface area contributed by atoms with Crippen molar-refractivity contribution in [2.45, 2.75) is 6.54 Å². The van der Waals surface area contributed by atoms with E-state index in [1.165, 1.54) is 18.4 Å². The molecule has 3 rings (SSSR count). The first-order valence-electron chi connectivity index (χ1n) is 8.46. The molecule has 0 N–H and O–H groups in total. The van der Waals surface area contributed by atoms with E-state index in [0.717, 1.165) is 15.9 Å². The van der Waals surface area contributed by atoms with Crippen LogP contribution >= 0.6 is 11.3 Å². The molecule has 28 heavy (non-hydrogen) atoms. The summed E-state index contributed by atoms with van der Waals surface area (Å²) in [5.74, 6) is 1.81. The van der Waals surface area contributed by atoms with Crippen molar-refractivity contribution in [2.24, 2.45) is 4.99 Å². The SMILES string of the molecule is C#CCn1c(=NC(=O)c2ccc(N(C)C)cc2)sc2cc(C(=O)OC)ccc21. The number of methoxy groups -OCH3 is 1. The van der Waals surface area contributed by atoms with Crippen LogP contribution in [0.1, 0.15) is 20.7 Å². The van der Waals surface area contributed by atoms with Gasteiger partial charge in [-0.05, 0) is 42.5 Å². The predicted molar refractivity (Wildman–Crippen MR) is 111 cm³/mol. The minimum Gasteiger partial charge on any atom is -0.465 e. The molecule has 0 radical (unpaired) electrons. The Morgan fingerprint density at radius 1 is 1.18 bits per heavy atom. The molecule has 2 aromatic carbocycles. The van der Waals surface area contributed by atoms with E-state index in [2.05, 4.69) is 10.9 Å². The van der Waals surface area contributed by atoms with Gasteiger partial charge in [-0.25, -0.2) is 4.79 Å². The zero-order valence-electron chi connectivity index (χ0n) is 15.8. The average molecular weight is 393 g/mol. The van der Waals surface area contributed by atoms with Crippen LogP contribution in [0, 0.1) is 12.3 Å². The number of nitrogens with zero attached hydrogens (tertiary/aromatic N) is 3.